The van der Waals surface area contributed by atoms with Crippen LogP contribution >= 0.6 is 0 Å². The second kappa shape index (κ2) is 6.54. The van der Waals surface area contributed by atoms with E-state index in [0.29, 0.717) is 32.8 Å². The van der Waals surface area contributed by atoms with Gasteiger partial charge < -0.3 is 19.5 Å². The number of fused-ring (bicyclic) bond motifs is 1. The van der Waals surface area contributed by atoms with E-state index in [0.717, 1.165) is 30.2 Å². The van der Waals surface area contributed by atoms with E-state index in [1.54, 1.807) is 11.8 Å². The van der Waals surface area contributed by atoms with Crippen LogP contribution in [0.5, 0.6) is 11.5 Å². The number of amides is 1. The predicted molar refractivity (Wildman–Crippen MR) is 81.0 cm³/mol. The average Bonchev–Trinajstić information content (AvgIpc) is 2.68. The molecule has 0 spiro atoms. The van der Waals surface area contributed by atoms with Crippen LogP contribution in [0.25, 0.3) is 0 Å². The zero-order valence-electron chi connectivity index (χ0n) is 12.8. The third kappa shape index (κ3) is 3.51. The minimum atomic E-state index is -0.511. The number of carbonyl (C=O) groups is 1. The number of nitrogens with zero attached hydrogens (tertiary/aromatic N) is 2. The van der Waals surface area contributed by atoms with Gasteiger partial charge in [-0.1, -0.05) is 6.07 Å². The molecule has 0 radical (unpaired) electrons. The molecule has 1 N–H and O–H groups in total. The molecule has 1 atom stereocenters. The molecule has 2 aliphatic rings. The van der Waals surface area contributed by atoms with Crippen molar-refractivity contribution in [1.29, 1.82) is 0 Å². The van der Waals surface area contributed by atoms with E-state index in [2.05, 4.69) is 4.90 Å². The quantitative estimate of drug-likeness (QED) is 0.861. The van der Waals surface area contributed by atoms with Crippen LogP contribution in [0.2, 0.25) is 0 Å². The van der Waals surface area contributed by atoms with Crippen molar-refractivity contribution in [2.24, 2.45) is 0 Å². The van der Waals surface area contributed by atoms with Crippen molar-refractivity contribution in [3.05, 3.63) is 23.8 Å². The molecule has 2 heterocycles. The maximum atomic E-state index is 11.5. The molecule has 3 rings (SSSR count). The van der Waals surface area contributed by atoms with Gasteiger partial charge in [-0.05, 0) is 17.7 Å². The van der Waals surface area contributed by atoms with Crippen LogP contribution in [0.4, 0.5) is 0 Å². The molecule has 120 valence electrons. The summed E-state index contributed by atoms with van der Waals surface area (Å²) in [4.78, 5) is 15.4. The number of hydrogen-bond donors (Lipinski definition) is 1. The zero-order valence-corrected chi connectivity index (χ0v) is 12.8. The first-order valence-electron chi connectivity index (χ1n) is 7.66. The Morgan fingerprint density at radius 3 is 2.77 bits per heavy atom. The fraction of sp³-hybridized carbons (Fsp3) is 0.562. The van der Waals surface area contributed by atoms with Crippen LogP contribution in [0.15, 0.2) is 18.2 Å². The van der Waals surface area contributed by atoms with Gasteiger partial charge in [-0.2, -0.15) is 0 Å². The molecule has 1 fully saturated rings. The summed E-state index contributed by atoms with van der Waals surface area (Å²) in [6, 6.07) is 5.95. The van der Waals surface area contributed by atoms with Gasteiger partial charge in [0, 0.05) is 39.6 Å². The van der Waals surface area contributed by atoms with E-state index in [1.807, 2.05) is 18.2 Å². The van der Waals surface area contributed by atoms with Gasteiger partial charge in [-0.15, -0.1) is 0 Å². The monoisotopic (exact) mass is 306 g/mol. The summed E-state index contributed by atoms with van der Waals surface area (Å²) < 4.78 is 11.1. The lowest BCUT2D eigenvalue weighted by atomic mass is 10.1. The van der Waals surface area contributed by atoms with Crippen molar-refractivity contribution >= 4 is 5.91 Å². The second-order valence-electron chi connectivity index (χ2n) is 5.83. The Kier molecular flexibility index (Phi) is 4.49. The minimum Gasteiger partial charge on any atom is -0.486 e. The van der Waals surface area contributed by atoms with Crippen LogP contribution in [-0.2, 0) is 11.3 Å². The molecule has 1 aromatic carbocycles. The van der Waals surface area contributed by atoms with Gasteiger partial charge in [0.05, 0.1) is 6.10 Å². The number of β-amino-alcohol motifs (C(OH)–C–C–N with tert-alkyl or cyclic N) is 1. The van der Waals surface area contributed by atoms with Gasteiger partial charge >= 0.3 is 0 Å². The number of hydrogen-bond acceptors (Lipinski definition) is 5. The van der Waals surface area contributed by atoms with Crippen molar-refractivity contribution in [1.82, 2.24) is 9.80 Å². The van der Waals surface area contributed by atoms with E-state index >= 15 is 0 Å². The summed E-state index contributed by atoms with van der Waals surface area (Å²) in [5.41, 5.74) is 1.12. The first kappa shape index (κ1) is 15.1. The summed E-state index contributed by atoms with van der Waals surface area (Å²) in [7, 11) is 0. The Morgan fingerprint density at radius 1 is 1.23 bits per heavy atom. The van der Waals surface area contributed by atoms with E-state index in [1.165, 1.54) is 0 Å². The minimum absolute atomic E-state index is 0.0141. The largest absolute Gasteiger partial charge is 0.486 e. The van der Waals surface area contributed by atoms with Crippen LogP contribution in [0, 0.1) is 0 Å². The molecule has 0 aromatic heterocycles. The molecule has 1 amide bonds. The summed E-state index contributed by atoms with van der Waals surface area (Å²) in [5, 5.41) is 10.1. The van der Waals surface area contributed by atoms with Crippen LogP contribution in [-0.4, -0.2) is 66.3 Å². The summed E-state index contributed by atoms with van der Waals surface area (Å²) in [6.07, 6.45) is -0.511. The number of rotatable bonds is 2. The summed E-state index contributed by atoms with van der Waals surface area (Å²) in [5.74, 6) is 1.58. The molecule has 22 heavy (non-hydrogen) atoms. The van der Waals surface area contributed by atoms with Crippen molar-refractivity contribution in [2.45, 2.75) is 19.6 Å². The van der Waals surface area contributed by atoms with E-state index in [-0.39, 0.29) is 5.91 Å². The Morgan fingerprint density at radius 2 is 2.00 bits per heavy atom. The van der Waals surface area contributed by atoms with Crippen LogP contribution in [0.1, 0.15) is 12.5 Å². The van der Waals surface area contributed by atoms with Gasteiger partial charge in [0.15, 0.2) is 11.5 Å². The topological polar surface area (TPSA) is 62.2 Å². The van der Waals surface area contributed by atoms with Crippen molar-refractivity contribution in [3.8, 4) is 11.5 Å². The molecule has 0 saturated carbocycles. The summed E-state index contributed by atoms with van der Waals surface area (Å²) >= 11 is 0. The third-order valence-corrected chi connectivity index (χ3v) is 4.04. The maximum Gasteiger partial charge on any atom is 0.219 e. The normalized spacial score (nSPS) is 22.3. The van der Waals surface area contributed by atoms with Gasteiger partial charge in [0.2, 0.25) is 5.91 Å². The molecular weight excluding hydrogens is 284 g/mol. The molecule has 2 aliphatic heterocycles. The van der Waals surface area contributed by atoms with E-state index in [9.17, 15) is 9.90 Å². The van der Waals surface area contributed by atoms with E-state index < -0.39 is 6.10 Å². The molecule has 1 aromatic rings. The average molecular weight is 306 g/mol. The number of aliphatic hydroxyl groups excluding tert-OH is 1. The fourth-order valence-corrected chi connectivity index (χ4v) is 2.93. The van der Waals surface area contributed by atoms with Crippen molar-refractivity contribution in [2.75, 3.05) is 39.4 Å². The molecule has 0 aliphatic carbocycles. The fourth-order valence-electron chi connectivity index (χ4n) is 2.93. The number of aliphatic hydroxyl groups is 1. The number of ether oxygens (including phenoxy) is 2. The second-order valence-corrected chi connectivity index (χ2v) is 5.83. The Labute approximate surface area is 130 Å². The van der Waals surface area contributed by atoms with Gasteiger partial charge in [-0.25, -0.2) is 0 Å². The van der Waals surface area contributed by atoms with E-state index in [4.69, 9.17) is 9.47 Å². The smallest absolute Gasteiger partial charge is 0.219 e. The van der Waals surface area contributed by atoms with Crippen LogP contribution < -0.4 is 9.47 Å². The molecule has 6 nitrogen and oxygen atoms in total. The highest BCUT2D eigenvalue weighted by Gasteiger charge is 2.23. The highest BCUT2D eigenvalue weighted by molar-refractivity contribution is 5.73. The Bertz CT molecular complexity index is 549. The van der Waals surface area contributed by atoms with Gasteiger partial charge in [0.25, 0.3) is 0 Å². The summed E-state index contributed by atoms with van der Waals surface area (Å²) in [6.45, 7) is 5.81. The Balaban J connectivity index is 1.66. The van der Waals surface area contributed by atoms with Crippen molar-refractivity contribution in [3.63, 3.8) is 0 Å². The number of benzene rings is 1. The molecule has 6 heteroatoms. The lowest BCUT2D eigenvalue weighted by Crippen LogP contribution is -2.36. The molecule has 0 bridgehead atoms. The Hall–Kier alpha value is -1.79. The number of carbonyl (C=O) groups excluding carboxylic acids is 1. The lowest BCUT2D eigenvalue weighted by Gasteiger charge is -2.23. The van der Waals surface area contributed by atoms with Crippen molar-refractivity contribution < 1.29 is 19.4 Å². The maximum absolute atomic E-state index is 11.5. The molecular formula is C16H22N2O4. The highest BCUT2D eigenvalue weighted by Crippen LogP contribution is 2.31. The zero-order chi connectivity index (χ0) is 15.5. The first-order chi connectivity index (χ1) is 10.6. The molecule has 1 saturated heterocycles. The highest BCUT2D eigenvalue weighted by atomic mass is 16.6. The lowest BCUT2D eigenvalue weighted by molar-refractivity contribution is -0.129. The molecule has 0 unspecified atom stereocenters. The van der Waals surface area contributed by atoms with Gasteiger partial charge in [0.1, 0.15) is 13.2 Å². The van der Waals surface area contributed by atoms with Gasteiger partial charge in [-0.3, -0.25) is 9.69 Å². The standard InChI is InChI=1S/C16H22N2O4/c1-12(19)18-5-4-17(10-14(20)11-18)9-13-2-3-15-16(8-13)22-7-6-21-15/h2-3,8,14,20H,4-7,9-11H2,1H3/t14-/m1/s1. The van der Waals surface area contributed by atoms with Crippen LogP contribution in [0.3, 0.4) is 0 Å². The third-order valence-electron chi connectivity index (χ3n) is 4.04. The first-order valence-corrected chi connectivity index (χ1v) is 7.66. The SMILES string of the molecule is CC(=O)N1CCN(Cc2ccc3c(c2)OCCO3)C[C@@H](O)C1. The predicted octanol–water partition coefficient (Wildman–Crippen LogP) is 0.483.